The second-order valence-electron chi connectivity index (χ2n) is 2.93. The molecule has 1 aliphatic heterocycles. The highest BCUT2D eigenvalue weighted by Crippen LogP contribution is 2.16. The van der Waals surface area contributed by atoms with Crippen LogP contribution in [-0.2, 0) is 4.79 Å². The zero-order chi connectivity index (χ0) is 9.52. The van der Waals surface area contributed by atoms with Gasteiger partial charge in [-0.25, -0.2) is 0 Å². The predicted octanol–water partition coefficient (Wildman–Crippen LogP) is 1.67. The lowest BCUT2D eigenvalue weighted by Gasteiger charge is -1.96. The molecule has 0 bridgehead atoms. The maximum Gasteiger partial charge on any atom is 0.303 e. The number of unbranched alkanes of at least 4 members (excludes halogenated alkanes) is 2. The Hall–Kier alpha value is -1.32. The molecule has 1 N–H and O–H groups in total. The molecule has 0 fully saturated rings. The molecule has 1 rings (SSSR count). The number of carboxylic acids is 1. The van der Waals surface area contributed by atoms with Gasteiger partial charge in [0.2, 0.25) is 6.17 Å². The van der Waals surface area contributed by atoms with Crippen molar-refractivity contribution in [3.63, 3.8) is 0 Å². The number of aliphatic imine (C=N–C) groups is 2. The van der Waals surface area contributed by atoms with Gasteiger partial charge >= 0.3 is 5.97 Å². The molecule has 0 aromatic rings. The zero-order valence-electron chi connectivity index (χ0n) is 7.44. The molecular weight excluding hydrogens is 168 g/mol. The summed E-state index contributed by atoms with van der Waals surface area (Å²) in [5.74, 6) is -0.718. The third-order valence-electron chi connectivity index (χ3n) is 1.80. The number of hydrogen-bond donors (Lipinski definition) is 1. The van der Waals surface area contributed by atoms with E-state index in [1.54, 1.807) is 12.4 Å². The smallest absolute Gasteiger partial charge is 0.303 e. The summed E-state index contributed by atoms with van der Waals surface area (Å²) in [7, 11) is 0. The van der Waals surface area contributed by atoms with E-state index >= 15 is 0 Å². The summed E-state index contributed by atoms with van der Waals surface area (Å²) in [4.78, 5) is 18.2. The van der Waals surface area contributed by atoms with E-state index in [9.17, 15) is 4.79 Å². The van der Waals surface area contributed by atoms with Crippen molar-refractivity contribution in [1.82, 2.24) is 0 Å². The van der Waals surface area contributed by atoms with Crippen molar-refractivity contribution in [3.05, 3.63) is 6.17 Å². The third kappa shape index (κ3) is 4.30. The minimum atomic E-state index is -0.718. The van der Waals surface area contributed by atoms with Gasteiger partial charge in [-0.3, -0.25) is 4.79 Å². The summed E-state index contributed by atoms with van der Waals surface area (Å²) in [5.41, 5.74) is 0. The van der Waals surface area contributed by atoms with Crippen LogP contribution in [0.3, 0.4) is 0 Å². The van der Waals surface area contributed by atoms with Crippen LogP contribution in [-0.4, -0.2) is 23.5 Å². The summed E-state index contributed by atoms with van der Waals surface area (Å²) in [6, 6.07) is 0. The molecular formula is C9H13N2O2+. The zero-order valence-corrected chi connectivity index (χ0v) is 7.44. The fourth-order valence-electron chi connectivity index (χ4n) is 1.14. The van der Waals surface area contributed by atoms with Crippen molar-refractivity contribution >= 4 is 18.4 Å². The van der Waals surface area contributed by atoms with Crippen LogP contribution >= 0.6 is 0 Å². The summed E-state index contributed by atoms with van der Waals surface area (Å²) >= 11 is 0. The largest absolute Gasteiger partial charge is 0.481 e. The SMILES string of the molecule is O=C(O)CCCCC[C+]1N=CC=N1. The molecule has 0 atom stereocenters. The highest BCUT2D eigenvalue weighted by Gasteiger charge is 2.14. The van der Waals surface area contributed by atoms with Crippen molar-refractivity contribution < 1.29 is 9.90 Å². The molecule has 1 aliphatic rings. The van der Waals surface area contributed by atoms with Gasteiger partial charge in [0.1, 0.15) is 0 Å². The Bertz CT molecular complexity index is 212. The van der Waals surface area contributed by atoms with Gasteiger partial charge in [0, 0.05) is 6.42 Å². The van der Waals surface area contributed by atoms with E-state index in [4.69, 9.17) is 5.11 Å². The summed E-state index contributed by atoms with van der Waals surface area (Å²) in [6.45, 7) is 0. The van der Waals surface area contributed by atoms with Crippen LogP contribution in [0.1, 0.15) is 32.1 Å². The molecule has 0 saturated carbocycles. The third-order valence-corrected chi connectivity index (χ3v) is 1.80. The monoisotopic (exact) mass is 181 g/mol. The molecule has 0 aromatic heterocycles. The number of carboxylic acid groups (broad SMARTS) is 1. The standard InChI is InChI=1S/C9H12N2O2/c12-9(13)5-3-1-2-4-8-10-6-7-11-8/h6-7H,1-5H2/p+1. The lowest BCUT2D eigenvalue weighted by Crippen LogP contribution is -1.94. The van der Waals surface area contributed by atoms with Gasteiger partial charge in [0.15, 0.2) is 12.4 Å². The van der Waals surface area contributed by atoms with Gasteiger partial charge in [0.25, 0.3) is 0 Å². The Kier molecular flexibility index (Phi) is 4.02. The van der Waals surface area contributed by atoms with Crippen LogP contribution in [0, 0.1) is 6.17 Å². The molecule has 13 heavy (non-hydrogen) atoms. The number of rotatable bonds is 6. The molecule has 70 valence electrons. The molecule has 0 saturated heterocycles. The van der Waals surface area contributed by atoms with Crippen LogP contribution in [0.25, 0.3) is 0 Å². The second-order valence-corrected chi connectivity index (χ2v) is 2.93. The predicted molar refractivity (Wildman–Crippen MR) is 50.9 cm³/mol. The number of hydrogen-bond acceptors (Lipinski definition) is 3. The average molecular weight is 181 g/mol. The topological polar surface area (TPSA) is 62.0 Å². The fourth-order valence-corrected chi connectivity index (χ4v) is 1.14. The van der Waals surface area contributed by atoms with Gasteiger partial charge in [-0.1, -0.05) is 16.4 Å². The minimum Gasteiger partial charge on any atom is -0.481 e. The van der Waals surface area contributed by atoms with Crippen LogP contribution in [0.4, 0.5) is 0 Å². The number of carbonyl (C=O) groups is 1. The molecule has 0 radical (unpaired) electrons. The van der Waals surface area contributed by atoms with Gasteiger partial charge in [-0.15, -0.1) is 0 Å². The van der Waals surface area contributed by atoms with Crippen LogP contribution in [0.2, 0.25) is 0 Å². The van der Waals surface area contributed by atoms with Gasteiger partial charge in [0.05, 0.1) is 6.42 Å². The number of nitrogens with zero attached hydrogens (tertiary/aromatic N) is 2. The van der Waals surface area contributed by atoms with Gasteiger partial charge in [-0.2, -0.15) is 0 Å². The first-order valence-electron chi connectivity index (χ1n) is 4.43. The Balaban J connectivity index is 1.92. The highest BCUT2D eigenvalue weighted by atomic mass is 16.4. The Morgan fingerprint density at radius 3 is 2.54 bits per heavy atom. The second kappa shape index (κ2) is 5.35. The molecule has 0 aromatic carbocycles. The molecule has 0 aliphatic carbocycles. The molecule has 0 amide bonds. The van der Waals surface area contributed by atoms with Crippen molar-refractivity contribution in [1.29, 1.82) is 0 Å². The minimum absolute atomic E-state index is 0.266. The van der Waals surface area contributed by atoms with Gasteiger partial charge in [-0.05, 0) is 12.8 Å². The summed E-state index contributed by atoms with van der Waals surface area (Å²) < 4.78 is 0. The molecule has 4 heteroatoms. The van der Waals surface area contributed by atoms with E-state index in [0.717, 1.165) is 31.8 Å². The molecule has 0 spiro atoms. The summed E-state index contributed by atoms with van der Waals surface area (Å²) in [5, 5.41) is 8.37. The maximum absolute atomic E-state index is 10.2. The first-order chi connectivity index (χ1) is 6.29. The number of aliphatic carboxylic acids is 1. The average Bonchev–Trinajstić information content (AvgIpc) is 2.55. The van der Waals surface area contributed by atoms with E-state index in [-0.39, 0.29) is 6.42 Å². The van der Waals surface area contributed by atoms with Crippen molar-refractivity contribution in [2.24, 2.45) is 9.98 Å². The quantitative estimate of drug-likeness (QED) is 0.500. The van der Waals surface area contributed by atoms with E-state index in [2.05, 4.69) is 9.98 Å². The Labute approximate surface area is 77.4 Å². The van der Waals surface area contributed by atoms with Crippen LogP contribution < -0.4 is 0 Å². The van der Waals surface area contributed by atoms with E-state index < -0.39 is 5.97 Å². The van der Waals surface area contributed by atoms with E-state index in [1.807, 2.05) is 0 Å². The Morgan fingerprint density at radius 1 is 1.23 bits per heavy atom. The van der Waals surface area contributed by atoms with Crippen molar-refractivity contribution in [2.45, 2.75) is 32.1 Å². The first kappa shape index (κ1) is 9.77. The normalized spacial score (nSPS) is 14.0. The van der Waals surface area contributed by atoms with Crippen LogP contribution in [0.15, 0.2) is 9.98 Å². The summed E-state index contributed by atoms with van der Waals surface area (Å²) in [6.07, 6.45) is 7.97. The molecule has 1 heterocycles. The van der Waals surface area contributed by atoms with Crippen molar-refractivity contribution in [2.75, 3.05) is 0 Å². The molecule has 0 unspecified atom stereocenters. The van der Waals surface area contributed by atoms with Gasteiger partial charge < -0.3 is 5.11 Å². The van der Waals surface area contributed by atoms with E-state index in [1.165, 1.54) is 0 Å². The first-order valence-corrected chi connectivity index (χ1v) is 4.43. The maximum atomic E-state index is 10.2. The molecule has 4 nitrogen and oxygen atoms in total. The van der Waals surface area contributed by atoms with E-state index in [0.29, 0.717) is 0 Å². The Morgan fingerprint density at radius 2 is 1.92 bits per heavy atom. The fraction of sp³-hybridized carbons (Fsp3) is 0.556. The highest BCUT2D eigenvalue weighted by molar-refractivity contribution is 6.18. The lowest BCUT2D eigenvalue weighted by molar-refractivity contribution is -0.137. The van der Waals surface area contributed by atoms with Crippen LogP contribution in [0.5, 0.6) is 0 Å². The van der Waals surface area contributed by atoms with Crippen molar-refractivity contribution in [3.8, 4) is 0 Å². The lowest BCUT2D eigenvalue weighted by atomic mass is 10.1.